The normalized spacial score (nSPS) is 26.2. The van der Waals surface area contributed by atoms with Gasteiger partial charge in [-0.15, -0.1) is 6.58 Å². The van der Waals surface area contributed by atoms with Crippen molar-refractivity contribution in [2.45, 2.75) is 37.8 Å². The molecule has 1 unspecified atom stereocenters. The van der Waals surface area contributed by atoms with Crippen molar-refractivity contribution < 1.29 is 19.4 Å². The minimum atomic E-state index is -2.20. The van der Waals surface area contributed by atoms with E-state index in [0.29, 0.717) is 44.0 Å². The zero-order valence-corrected chi connectivity index (χ0v) is 16.4. The van der Waals surface area contributed by atoms with Gasteiger partial charge in [-0.1, -0.05) is 30.3 Å². The predicted octanol–water partition coefficient (Wildman–Crippen LogP) is 1.74. The number of allylic oxidation sites excluding steroid dienone is 1. The van der Waals surface area contributed by atoms with Crippen LogP contribution in [0.5, 0.6) is 0 Å². The molecule has 1 atom stereocenters. The van der Waals surface area contributed by atoms with Gasteiger partial charge in [0.1, 0.15) is 0 Å². The van der Waals surface area contributed by atoms with E-state index in [1.807, 2.05) is 38.1 Å². The van der Waals surface area contributed by atoms with Crippen LogP contribution >= 0.6 is 0 Å². The molecule has 1 aromatic rings. The van der Waals surface area contributed by atoms with E-state index in [-0.39, 0.29) is 6.42 Å². The second kappa shape index (κ2) is 6.57. The number of nitrogens with zero attached hydrogens (tertiary/aromatic N) is 2. The lowest BCUT2D eigenvalue weighted by atomic mass is 9.83. The van der Waals surface area contributed by atoms with Crippen molar-refractivity contribution in [3.8, 4) is 0 Å². The van der Waals surface area contributed by atoms with Crippen molar-refractivity contribution >= 4 is 17.5 Å². The predicted molar refractivity (Wildman–Crippen MR) is 105 cm³/mol. The summed E-state index contributed by atoms with van der Waals surface area (Å²) in [6, 6.07) is 7.88. The number of carbonyl (C=O) groups is 2. The third-order valence-corrected chi connectivity index (χ3v) is 5.92. The molecule has 0 bridgehead atoms. The average molecular weight is 382 g/mol. The first-order valence-corrected chi connectivity index (χ1v) is 9.69. The number of fused-ring (bicyclic) bond motifs is 3. The number of benzene rings is 1. The fraction of sp³-hybridized carbons (Fsp3) is 0.455. The van der Waals surface area contributed by atoms with E-state index < -0.39 is 23.0 Å². The highest BCUT2D eigenvalue weighted by molar-refractivity contribution is 6.19. The molecule has 1 aromatic carbocycles. The second-order valence-electron chi connectivity index (χ2n) is 8.22. The Morgan fingerprint density at radius 1 is 1.29 bits per heavy atom. The molecule has 3 aliphatic rings. The molecule has 0 aliphatic carbocycles. The van der Waals surface area contributed by atoms with Crippen molar-refractivity contribution in [3.63, 3.8) is 0 Å². The van der Waals surface area contributed by atoms with Gasteiger partial charge in [-0.25, -0.2) is 0 Å². The molecule has 1 N–H and O–H groups in total. The van der Waals surface area contributed by atoms with Gasteiger partial charge in [-0.05, 0) is 32.3 Å². The zero-order chi connectivity index (χ0) is 20.1. The zero-order valence-electron chi connectivity index (χ0n) is 16.4. The van der Waals surface area contributed by atoms with E-state index in [1.54, 1.807) is 11.0 Å². The van der Waals surface area contributed by atoms with Crippen LogP contribution in [0.1, 0.15) is 31.4 Å². The maximum atomic E-state index is 13.6. The molecule has 1 saturated heterocycles. The van der Waals surface area contributed by atoms with Crippen LogP contribution in [-0.2, 0) is 20.7 Å². The molecule has 3 aliphatic heterocycles. The Morgan fingerprint density at radius 3 is 2.64 bits per heavy atom. The number of aliphatic hydroxyl groups is 1. The van der Waals surface area contributed by atoms with Crippen LogP contribution in [0.3, 0.4) is 0 Å². The minimum absolute atomic E-state index is 0.258. The first kappa shape index (κ1) is 18.9. The van der Waals surface area contributed by atoms with Gasteiger partial charge in [0.05, 0.1) is 18.9 Å². The Balaban J connectivity index is 1.92. The van der Waals surface area contributed by atoms with Gasteiger partial charge in [0.2, 0.25) is 5.60 Å². The molecular weight excluding hydrogens is 356 g/mol. The van der Waals surface area contributed by atoms with E-state index in [4.69, 9.17) is 4.74 Å². The van der Waals surface area contributed by atoms with Gasteiger partial charge in [0.25, 0.3) is 11.8 Å². The third kappa shape index (κ3) is 2.55. The highest BCUT2D eigenvalue weighted by Gasteiger charge is 2.61. The molecular formula is C22H26N2O4. The summed E-state index contributed by atoms with van der Waals surface area (Å²) in [5.41, 5.74) is 0.331. The van der Waals surface area contributed by atoms with Gasteiger partial charge >= 0.3 is 0 Å². The monoisotopic (exact) mass is 382 g/mol. The van der Waals surface area contributed by atoms with Crippen molar-refractivity contribution in [1.82, 2.24) is 9.80 Å². The molecule has 2 amide bonds. The molecule has 6 nitrogen and oxygen atoms in total. The van der Waals surface area contributed by atoms with Crippen LogP contribution in [-0.4, -0.2) is 64.2 Å². The molecule has 148 valence electrons. The van der Waals surface area contributed by atoms with E-state index in [1.165, 1.54) is 4.90 Å². The summed E-state index contributed by atoms with van der Waals surface area (Å²) in [6.07, 6.45) is 2.55. The van der Waals surface area contributed by atoms with Crippen molar-refractivity contribution in [3.05, 3.63) is 53.6 Å². The first-order valence-electron chi connectivity index (χ1n) is 9.69. The van der Waals surface area contributed by atoms with Crippen molar-refractivity contribution in [2.24, 2.45) is 0 Å². The van der Waals surface area contributed by atoms with E-state index in [9.17, 15) is 14.7 Å². The summed E-state index contributed by atoms with van der Waals surface area (Å²) in [5.74, 6) is -1.12. The Labute approximate surface area is 165 Å². The lowest BCUT2D eigenvalue weighted by Gasteiger charge is -2.43. The maximum absolute atomic E-state index is 13.6. The summed E-state index contributed by atoms with van der Waals surface area (Å²) in [7, 11) is 0. The SMILES string of the molecule is C=CCC1=C2c3ccccc3CC(C)(C)N2C(=O)C1(O)C(=O)N1CCOCC1. The number of ether oxygens (including phenoxy) is 1. The quantitative estimate of drug-likeness (QED) is 0.639. The smallest absolute Gasteiger partial charge is 0.273 e. The molecule has 0 aromatic heterocycles. The van der Waals surface area contributed by atoms with Gasteiger partial charge in [-0.2, -0.15) is 0 Å². The molecule has 0 saturated carbocycles. The van der Waals surface area contributed by atoms with Crippen molar-refractivity contribution in [2.75, 3.05) is 26.3 Å². The van der Waals surface area contributed by atoms with Crippen LogP contribution < -0.4 is 0 Å². The summed E-state index contributed by atoms with van der Waals surface area (Å²) in [5, 5.41) is 11.6. The molecule has 4 rings (SSSR count). The molecule has 1 fully saturated rings. The molecule has 28 heavy (non-hydrogen) atoms. The number of hydrogen-bond donors (Lipinski definition) is 1. The van der Waals surface area contributed by atoms with E-state index in [2.05, 4.69) is 6.58 Å². The highest BCUT2D eigenvalue weighted by Crippen LogP contribution is 2.49. The van der Waals surface area contributed by atoms with Gasteiger partial charge in [-0.3, -0.25) is 9.59 Å². The number of morpholine rings is 1. The molecule has 0 radical (unpaired) electrons. The van der Waals surface area contributed by atoms with Crippen LogP contribution in [0.4, 0.5) is 0 Å². The summed E-state index contributed by atoms with van der Waals surface area (Å²) >= 11 is 0. The topological polar surface area (TPSA) is 70.1 Å². The number of amides is 2. The molecule has 3 heterocycles. The lowest BCUT2D eigenvalue weighted by Crippen LogP contribution is -2.60. The Kier molecular flexibility index (Phi) is 4.43. The van der Waals surface area contributed by atoms with E-state index >= 15 is 0 Å². The largest absolute Gasteiger partial charge is 0.378 e. The first-order chi connectivity index (χ1) is 13.3. The van der Waals surface area contributed by atoms with Gasteiger partial charge in [0.15, 0.2) is 0 Å². The minimum Gasteiger partial charge on any atom is -0.378 e. The Hall–Kier alpha value is -2.44. The Morgan fingerprint density at radius 2 is 1.96 bits per heavy atom. The third-order valence-electron chi connectivity index (χ3n) is 5.92. The summed E-state index contributed by atoms with van der Waals surface area (Å²) < 4.78 is 5.32. The molecule has 0 spiro atoms. The standard InChI is InChI=1S/C22H26N2O4/c1-4-7-17-18-16-9-6-5-8-15(16)14-21(2,3)24(18)20(26)22(17,27)19(25)23-10-12-28-13-11-23/h4-6,8-9,27H,1,7,10-14H2,2-3H3. The average Bonchev–Trinajstić information content (AvgIpc) is 2.92. The summed E-state index contributed by atoms with van der Waals surface area (Å²) in [6.45, 7) is 9.28. The number of rotatable bonds is 3. The fourth-order valence-corrected chi connectivity index (χ4v) is 4.61. The van der Waals surface area contributed by atoms with Crippen molar-refractivity contribution in [1.29, 1.82) is 0 Å². The lowest BCUT2D eigenvalue weighted by molar-refractivity contribution is -0.163. The van der Waals surface area contributed by atoms with Crippen LogP contribution in [0, 0.1) is 0 Å². The second-order valence-corrected chi connectivity index (χ2v) is 8.22. The van der Waals surface area contributed by atoms with Crippen LogP contribution in [0.15, 0.2) is 42.5 Å². The Bertz CT molecular complexity index is 882. The van der Waals surface area contributed by atoms with Gasteiger partial charge < -0.3 is 19.6 Å². The summed E-state index contributed by atoms with van der Waals surface area (Å²) in [4.78, 5) is 30.1. The maximum Gasteiger partial charge on any atom is 0.273 e. The van der Waals surface area contributed by atoms with E-state index in [0.717, 1.165) is 11.1 Å². The van der Waals surface area contributed by atoms with Gasteiger partial charge in [0, 0.05) is 29.8 Å². The number of hydrogen-bond acceptors (Lipinski definition) is 4. The molecule has 6 heteroatoms. The highest BCUT2D eigenvalue weighted by atomic mass is 16.5. The van der Waals surface area contributed by atoms with Crippen LogP contribution in [0.25, 0.3) is 5.70 Å². The number of carbonyl (C=O) groups excluding carboxylic acids is 2. The van der Waals surface area contributed by atoms with Crippen LogP contribution in [0.2, 0.25) is 0 Å². The fourth-order valence-electron chi connectivity index (χ4n) is 4.61.